The molecule has 0 aliphatic carbocycles. The van der Waals surface area contributed by atoms with Crippen LogP contribution in [0.1, 0.15) is 5.56 Å². The van der Waals surface area contributed by atoms with Crippen molar-refractivity contribution in [1.82, 2.24) is 0 Å². The van der Waals surface area contributed by atoms with E-state index in [1.807, 2.05) is 48.2 Å². The minimum Gasteiger partial charge on any atom is -0.493 e. The predicted octanol–water partition coefficient (Wildman–Crippen LogP) is 4.00. The zero-order valence-electron chi connectivity index (χ0n) is 9.71. The van der Waals surface area contributed by atoms with Gasteiger partial charge in [0, 0.05) is 11.5 Å². The Hall–Kier alpha value is -1.41. The van der Waals surface area contributed by atoms with Crippen molar-refractivity contribution in [1.29, 1.82) is 0 Å². The Morgan fingerprint density at radius 3 is 2.18 bits per heavy atom. The molecule has 0 bridgehead atoms. The first-order valence-electron chi connectivity index (χ1n) is 5.75. The molecule has 1 nitrogen and oxygen atoms in total. The number of thioether (sulfide) groups is 1. The molecule has 0 spiro atoms. The molecule has 0 aromatic heterocycles. The van der Waals surface area contributed by atoms with Crippen LogP contribution in [0.5, 0.6) is 5.75 Å². The molecule has 0 unspecified atom stereocenters. The van der Waals surface area contributed by atoms with Gasteiger partial charge in [-0.25, -0.2) is 0 Å². The molecule has 0 saturated heterocycles. The van der Waals surface area contributed by atoms with Crippen molar-refractivity contribution in [2.75, 3.05) is 12.4 Å². The van der Waals surface area contributed by atoms with Crippen molar-refractivity contribution >= 4 is 11.8 Å². The van der Waals surface area contributed by atoms with Gasteiger partial charge in [-0.2, -0.15) is 11.8 Å². The number of para-hydroxylation sites is 1. The van der Waals surface area contributed by atoms with Gasteiger partial charge in [0.05, 0.1) is 6.61 Å². The summed E-state index contributed by atoms with van der Waals surface area (Å²) in [4.78, 5) is 0. The smallest absolute Gasteiger partial charge is 0.119 e. The molecule has 2 aromatic rings. The highest BCUT2D eigenvalue weighted by atomic mass is 32.2. The summed E-state index contributed by atoms with van der Waals surface area (Å²) in [6.45, 7) is 0.765. The lowest BCUT2D eigenvalue weighted by Crippen LogP contribution is -2.00. The van der Waals surface area contributed by atoms with Crippen molar-refractivity contribution < 1.29 is 4.74 Å². The van der Waals surface area contributed by atoms with E-state index in [9.17, 15) is 0 Å². The largest absolute Gasteiger partial charge is 0.493 e. The SMILES string of the molecule is c1ccc(CSCCOc2ccccc2)cc1. The van der Waals surface area contributed by atoms with Crippen molar-refractivity contribution in [2.24, 2.45) is 0 Å². The molecule has 0 radical (unpaired) electrons. The third kappa shape index (κ3) is 4.53. The molecule has 0 N–H and O–H groups in total. The zero-order valence-corrected chi connectivity index (χ0v) is 10.5. The van der Waals surface area contributed by atoms with E-state index >= 15 is 0 Å². The molecule has 0 aliphatic heterocycles. The van der Waals surface area contributed by atoms with Crippen LogP contribution < -0.4 is 4.74 Å². The van der Waals surface area contributed by atoms with E-state index in [1.54, 1.807) is 0 Å². The molecule has 88 valence electrons. The van der Waals surface area contributed by atoms with Gasteiger partial charge >= 0.3 is 0 Å². The fourth-order valence-electron chi connectivity index (χ4n) is 1.50. The fraction of sp³-hybridized carbons (Fsp3) is 0.200. The first-order valence-corrected chi connectivity index (χ1v) is 6.90. The highest BCUT2D eigenvalue weighted by Crippen LogP contribution is 2.13. The maximum Gasteiger partial charge on any atom is 0.119 e. The Morgan fingerprint density at radius 1 is 0.824 bits per heavy atom. The van der Waals surface area contributed by atoms with Crippen LogP contribution >= 0.6 is 11.8 Å². The average Bonchev–Trinajstić information content (AvgIpc) is 2.41. The molecule has 2 heteroatoms. The Balaban J connectivity index is 1.61. The molecule has 0 atom stereocenters. The molecule has 0 fully saturated rings. The summed E-state index contributed by atoms with van der Waals surface area (Å²) in [6.07, 6.45) is 0. The normalized spacial score (nSPS) is 10.1. The van der Waals surface area contributed by atoms with E-state index in [4.69, 9.17) is 4.74 Å². The van der Waals surface area contributed by atoms with E-state index in [-0.39, 0.29) is 0 Å². The highest BCUT2D eigenvalue weighted by molar-refractivity contribution is 7.98. The van der Waals surface area contributed by atoms with Gasteiger partial charge < -0.3 is 4.74 Å². The summed E-state index contributed by atoms with van der Waals surface area (Å²) >= 11 is 1.90. The van der Waals surface area contributed by atoms with Gasteiger partial charge in [-0.1, -0.05) is 48.5 Å². The number of benzene rings is 2. The van der Waals surface area contributed by atoms with Crippen LogP contribution in [0.15, 0.2) is 60.7 Å². The summed E-state index contributed by atoms with van der Waals surface area (Å²) in [6, 6.07) is 20.5. The summed E-state index contributed by atoms with van der Waals surface area (Å²) in [7, 11) is 0. The van der Waals surface area contributed by atoms with Crippen molar-refractivity contribution in [2.45, 2.75) is 5.75 Å². The van der Waals surface area contributed by atoms with Crippen molar-refractivity contribution in [3.05, 3.63) is 66.2 Å². The summed E-state index contributed by atoms with van der Waals surface area (Å²) in [5.41, 5.74) is 1.37. The minimum atomic E-state index is 0.765. The minimum absolute atomic E-state index is 0.765. The van der Waals surface area contributed by atoms with Gasteiger partial charge in [-0.05, 0) is 17.7 Å². The first kappa shape index (κ1) is 12.1. The monoisotopic (exact) mass is 244 g/mol. The lowest BCUT2D eigenvalue weighted by Gasteiger charge is -2.05. The third-order valence-electron chi connectivity index (χ3n) is 2.35. The van der Waals surface area contributed by atoms with Crippen LogP contribution in [-0.4, -0.2) is 12.4 Å². The second-order valence-corrected chi connectivity index (χ2v) is 4.80. The van der Waals surface area contributed by atoms with Crippen LogP contribution in [-0.2, 0) is 5.75 Å². The number of hydrogen-bond donors (Lipinski definition) is 0. The predicted molar refractivity (Wildman–Crippen MR) is 74.5 cm³/mol. The second kappa shape index (κ2) is 7.02. The standard InChI is InChI=1S/C15H16OS/c1-3-7-14(8-4-1)13-17-12-11-16-15-9-5-2-6-10-15/h1-10H,11-13H2. The van der Waals surface area contributed by atoms with Gasteiger partial charge in [0.1, 0.15) is 5.75 Å². The van der Waals surface area contributed by atoms with Gasteiger partial charge in [-0.15, -0.1) is 0 Å². The summed E-state index contributed by atoms with van der Waals surface area (Å²) in [5, 5.41) is 0. The van der Waals surface area contributed by atoms with Crippen LogP contribution in [0.2, 0.25) is 0 Å². The van der Waals surface area contributed by atoms with E-state index in [0.717, 1.165) is 23.9 Å². The van der Waals surface area contributed by atoms with Gasteiger partial charge in [0.15, 0.2) is 0 Å². The van der Waals surface area contributed by atoms with Crippen LogP contribution in [0.3, 0.4) is 0 Å². The fourth-order valence-corrected chi connectivity index (χ4v) is 2.27. The number of rotatable bonds is 6. The Bertz CT molecular complexity index is 372. The third-order valence-corrected chi connectivity index (χ3v) is 3.34. The zero-order chi connectivity index (χ0) is 11.8. The molecular weight excluding hydrogens is 228 g/mol. The van der Waals surface area contributed by atoms with Crippen LogP contribution in [0, 0.1) is 0 Å². The second-order valence-electron chi connectivity index (χ2n) is 3.70. The maximum atomic E-state index is 5.62. The topological polar surface area (TPSA) is 9.23 Å². The summed E-state index contributed by atoms with van der Waals surface area (Å²) < 4.78 is 5.62. The molecule has 2 aromatic carbocycles. The van der Waals surface area contributed by atoms with Crippen LogP contribution in [0.4, 0.5) is 0 Å². The lowest BCUT2D eigenvalue weighted by atomic mass is 10.2. The number of hydrogen-bond acceptors (Lipinski definition) is 2. The molecule has 0 heterocycles. The van der Waals surface area contributed by atoms with E-state index in [2.05, 4.69) is 24.3 Å². The van der Waals surface area contributed by atoms with Crippen molar-refractivity contribution in [3.8, 4) is 5.75 Å². The Kier molecular flexibility index (Phi) is 4.98. The van der Waals surface area contributed by atoms with Crippen molar-refractivity contribution in [3.63, 3.8) is 0 Å². The first-order chi connectivity index (χ1) is 8.45. The lowest BCUT2D eigenvalue weighted by molar-refractivity contribution is 0.344. The van der Waals surface area contributed by atoms with Gasteiger partial charge in [0.2, 0.25) is 0 Å². The molecule has 0 amide bonds. The van der Waals surface area contributed by atoms with Gasteiger partial charge in [-0.3, -0.25) is 0 Å². The van der Waals surface area contributed by atoms with Gasteiger partial charge in [0.25, 0.3) is 0 Å². The van der Waals surface area contributed by atoms with E-state index in [0.29, 0.717) is 0 Å². The molecule has 17 heavy (non-hydrogen) atoms. The molecule has 0 saturated carbocycles. The number of ether oxygens (including phenoxy) is 1. The highest BCUT2D eigenvalue weighted by Gasteiger charge is 1.94. The average molecular weight is 244 g/mol. The van der Waals surface area contributed by atoms with E-state index < -0.39 is 0 Å². The van der Waals surface area contributed by atoms with E-state index in [1.165, 1.54) is 5.56 Å². The Labute approximate surface area is 107 Å². The summed E-state index contributed by atoms with van der Waals surface area (Å²) in [5.74, 6) is 3.02. The molecule has 2 rings (SSSR count). The molecular formula is C15H16OS. The Morgan fingerprint density at radius 2 is 1.47 bits per heavy atom. The quantitative estimate of drug-likeness (QED) is 0.710. The molecule has 0 aliphatic rings. The van der Waals surface area contributed by atoms with Crippen LogP contribution in [0.25, 0.3) is 0 Å². The maximum absolute atomic E-state index is 5.62.